The Morgan fingerprint density at radius 3 is 2.89 bits per heavy atom. The van der Waals surface area contributed by atoms with Gasteiger partial charge in [-0.15, -0.1) is 0 Å². The lowest BCUT2D eigenvalue weighted by Gasteiger charge is -2.23. The van der Waals surface area contributed by atoms with Crippen molar-refractivity contribution in [3.05, 3.63) is 41.2 Å². The quantitative estimate of drug-likeness (QED) is 0.558. The van der Waals surface area contributed by atoms with E-state index < -0.39 is 0 Å². The minimum absolute atomic E-state index is 0.0178. The standard InChI is InChI=1S/C21H27N3O4/c1-14(25)15-9-10-19(20(12-15)27-3)28-11-5-8-21(26)23-17-6-4-7-18-16(17)13-22-24(18)2/h9-10,12-13,17H,4-8,11H2,1-3H3,(H,23,26)/t17-/m0/s1. The van der Waals surface area contributed by atoms with E-state index in [0.717, 1.165) is 24.8 Å². The summed E-state index contributed by atoms with van der Waals surface area (Å²) in [6, 6.07) is 5.15. The van der Waals surface area contributed by atoms with E-state index in [1.807, 2.05) is 17.9 Å². The molecule has 150 valence electrons. The number of nitrogens with one attached hydrogen (secondary N) is 1. The molecule has 0 bridgehead atoms. The van der Waals surface area contributed by atoms with Gasteiger partial charge in [-0.1, -0.05) is 0 Å². The van der Waals surface area contributed by atoms with Crippen LogP contribution in [0.2, 0.25) is 0 Å². The van der Waals surface area contributed by atoms with Crippen molar-refractivity contribution in [2.24, 2.45) is 7.05 Å². The van der Waals surface area contributed by atoms with E-state index >= 15 is 0 Å². The molecular formula is C21H27N3O4. The molecule has 0 saturated carbocycles. The van der Waals surface area contributed by atoms with Gasteiger partial charge in [0.05, 0.1) is 26.0 Å². The fraction of sp³-hybridized carbons (Fsp3) is 0.476. The first-order chi connectivity index (χ1) is 13.5. The highest BCUT2D eigenvalue weighted by Crippen LogP contribution is 2.30. The van der Waals surface area contributed by atoms with Gasteiger partial charge in [-0.25, -0.2) is 0 Å². The smallest absolute Gasteiger partial charge is 0.220 e. The molecule has 2 aromatic rings. The highest BCUT2D eigenvalue weighted by molar-refractivity contribution is 5.94. The van der Waals surface area contributed by atoms with Crippen molar-refractivity contribution >= 4 is 11.7 Å². The van der Waals surface area contributed by atoms with Gasteiger partial charge in [0.1, 0.15) is 0 Å². The van der Waals surface area contributed by atoms with Crippen LogP contribution in [0.5, 0.6) is 11.5 Å². The molecule has 0 saturated heterocycles. The number of hydrogen-bond donors (Lipinski definition) is 1. The molecule has 1 aliphatic rings. The van der Waals surface area contributed by atoms with Crippen molar-refractivity contribution in [2.45, 2.75) is 45.1 Å². The molecule has 0 spiro atoms. The number of carbonyl (C=O) groups excluding carboxylic acids is 2. The molecule has 0 aliphatic heterocycles. The minimum Gasteiger partial charge on any atom is -0.493 e. The third kappa shape index (κ3) is 4.52. The van der Waals surface area contributed by atoms with Crippen LogP contribution in [0.25, 0.3) is 0 Å². The first kappa shape index (κ1) is 19.9. The Bertz CT molecular complexity index is 859. The largest absolute Gasteiger partial charge is 0.493 e. The summed E-state index contributed by atoms with van der Waals surface area (Å²) < 4.78 is 12.9. The Kier molecular flexibility index (Phi) is 6.34. The average Bonchev–Trinajstić information content (AvgIpc) is 3.07. The molecule has 1 aliphatic carbocycles. The molecule has 1 N–H and O–H groups in total. The Morgan fingerprint density at radius 1 is 1.32 bits per heavy atom. The minimum atomic E-state index is -0.0268. The molecule has 1 aromatic carbocycles. The normalized spacial score (nSPS) is 15.6. The van der Waals surface area contributed by atoms with E-state index in [1.165, 1.54) is 19.7 Å². The Morgan fingerprint density at radius 2 is 2.14 bits per heavy atom. The van der Waals surface area contributed by atoms with E-state index in [1.54, 1.807) is 18.2 Å². The lowest BCUT2D eigenvalue weighted by atomic mass is 9.93. The number of hydrogen-bond acceptors (Lipinski definition) is 5. The molecule has 0 fully saturated rings. The van der Waals surface area contributed by atoms with Crippen LogP contribution in [0, 0.1) is 0 Å². The number of rotatable bonds is 8. The van der Waals surface area contributed by atoms with Crippen LogP contribution in [0.15, 0.2) is 24.4 Å². The van der Waals surface area contributed by atoms with Gasteiger partial charge in [0.15, 0.2) is 17.3 Å². The predicted octanol–water partition coefficient (Wildman–Crippen LogP) is 2.98. The highest BCUT2D eigenvalue weighted by atomic mass is 16.5. The zero-order valence-electron chi connectivity index (χ0n) is 16.7. The van der Waals surface area contributed by atoms with Crippen molar-refractivity contribution in [2.75, 3.05) is 13.7 Å². The second-order valence-electron chi connectivity index (χ2n) is 7.06. The summed E-state index contributed by atoms with van der Waals surface area (Å²) in [7, 11) is 3.48. The number of ether oxygens (including phenoxy) is 2. The van der Waals surface area contributed by atoms with Crippen LogP contribution in [0.1, 0.15) is 60.3 Å². The van der Waals surface area contributed by atoms with E-state index in [-0.39, 0.29) is 17.7 Å². The van der Waals surface area contributed by atoms with Crippen molar-refractivity contribution in [3.63, 3.8) is 0 Å². The number of benzene rings is 1. The zero-order chi connectivity index (χ0) is 20.1. The van der Waals surface area contributed by atoms with Crippen molar-refractivity contribution < 1.29 is 19.1 Å². The maximum atomic E-state index is 12.3. The summed E-state index contributed by atoms with van der Waals surface area (Å²) in [5, 5.41) is 7.43. The summed E-state index contributed by atoms with van der Waals surface area (Å²) in [5.41, 5.74) is 2.92. The second kappa shape index (κ2) is 8.91. The third-order valence-corrected chi connectivity index (χ3v) is 5.09. The highest BCUT2D eigenvalue weighted by Gasteiger charge is 2.24. The van der Waals surface area contributed by atoms with Gasteiger partial charge in [0.25, 0.3) is 0 Å². The fourth-order valence-corrected chi connectivity index (χ4v) is 3.54. The second-order valence-corrected chi connectivity index (χ2v) is 7.06. The average molecular weight is 385 g/mol. The molecular weight excluding hydrogens is 358 g/mol. The molecule has 0 radical (unpaired) electrons. The van der Waals surface area contributed by atoms with E-state index in [4.69, 9.17) is 9.47 Å². The summed E-state index contributed by atoms with van der Waals surface area (Å²) in [6.45, 7) is 1.90. The number of amides is 1. The number of nitrogens with zero attached hydrogens (tertiary/aromatic N) is 2. The van der Waals surface area contributed by atoms with Crippen LogP contribution < -0.4 is 14.8 Å². The van der Waals surface area contributed by atoms with Crippen molar-refractivity contribution in [1.82, 2.24) is 15.1 Å². The first-order valence-electron chi connectivity index (χ1n) is 9.61. The molecule has 0 unspecified atom stereocenters. The van der Waals surface area contributed by atoms with Gasteiger partial charge >= 0.3 is 0 Å². The molecule has 7 nitrogen and oxygen atoms in total. The molecule has 1 heterocycles. The first-order valence-corrected chi connectivity index (χ1v) is 9.61. The SMILES string of the molecule is COc1cc(C(C)=O)ccc1OCCCC(=O)N[C@H]1CCCc2c1cnn2C. The number of Topliss-reactive ketones (excluding diaryl/α,β-unsaturated/α-hetero) is 1. The number of aryl methyl sites for hydroxylation is 1. The summed E-state index contributed by atoms with van der Waals surface area (Å²) in [5.74, 6) is 1.08. The van der Waals surface area contributed by atoms with Gasteiger partial charge in [-0.2, -0.15) is 5.10 Å². The number of methoxy groups -OCH3 is 1. The summed E-state index contributed by atoms with van der Waals surface area (Å²) in [6.07, 6.45) is 5.85. The lowest BCUT2D eigenvalue weighted by molar-refractivity contribution is -0.122. The number of aromatic nitrogens is 2. The van der Waals surface area contributed by atoms with Crippen LogP contribution in [0.4, 0.5) is 0 Å². The Hall–Kier alpha value is -2.83. The third-order valence-electron chi connectivity index (χ3n) is 5.09. The van der Waals surface area contributed by atoms with Crippen molar-refractivity contribution in [1.29, 1.82) is 0 Å². The molecule has 1 aromatic heterocycles. The van der Waals surface area contributed by atoms with E-state index in [9.17, 15) is 9.59 Å². The monoisotopic (exact) mass is 385 g/mol. The van der Waals surface area contributed by atoms with Crippen LogP contribution in [0.3, 0.4) is 0 Å². The molecule has 1 atom stereocenters. The van der Waals surface area contributed by atoms with Gasteiger partial charge in [0.2, 0.25) is 5.91 Å². The number of carbonyl (C=O) groups is 2. The Balaban J connectivity index is 1.47. The lowest BCUT2D eigenvalue weighted by Crippen LogP contribution is -2.31. The van der Waals surface area contributed by atoms with E-state index in [0.29, 0.717) is 36.5 Å². The summed E-state index contributed by atoms with van der Waals surface area (Å²) in [4.78, 5) is 23.8. The Labute approximate surface area is 165 Å². The molecule has 1 amide bonds. The van der Waals surface area contributed by atoms with E-state index in [2.05, 4.69) is 10.4 Å². The zero-order valence-corrected chi connectivity index (χ0v) is 16.7. The summed E-state index contributed by atoms with van der Waals surface area (Å²) >= 11 is 0. The molecule has 7 heteroatoms. The van der Waals surface area contributed by atoms with Gasteiger partial charge in [0, 0.05) is 30.3 Å². The van der Waals surface area contributed by atoms with Crippen LogP contribution in [-0.2, 0) is 18.3 Å². The molecule has 28 heavy (non-hydrogen) atoms. The van der Waals surface area contributed by atoms with Gasteiger partial charge in [-0.05, 0) is 50.8 Å². The maximum Gasteiger partial charge on any atom is 0.220 e. The van der Waals surface area contributed by atoms with Gasteiger partial charge in [-0.3, -0.25) is 14.3 Å². The number of ketones is 1. The van der Waals surface area contributed by atoms with Crippen LogP contribution in [-0.4, -0.2) is 35.2 Å². The van der Waals surface area contributed by atoms with Gasteiger partial charge < -0.3 is 14.8 Å². The predicted molar refractivity (Wildman–Crippen MR) is 105 cm³/mol. The topological polar surface area (TPSA) is 82.4 Å². The van der Waals surface area contributed by atoms with Crippen LogP contribution >= 0.6 is 0 Å². The number of fused-ring (bicyclic) bond motifs is 1. The van der Waals surface area contributed by atoms with Crippen molar-refractivity contribution in [3.8, 4) is 11.5 Å². The maximum absolute atomic E-state index is 12.3. The fourth-order valence-electron chi connectivity index (χ4n) is 3.54. The molecule has 3 rings (SSSR count).